The summed E-state index contributed by atoms with van der Waals surface area (Å²) in [4.78, 5) is 17.1. The Balaban J connectivity index is 1.96. The van der Waals surface area contributed by atoms with Crippen LogP contribution in [0.3, 0.4) is 0 Å². The van der Waals surface area contributed by atoms with Crippen molar-refractivity contribution in [2.75, 3.05) is 5.32 Å². The van der Waals surface area contributed by atoms with Crippen LogP contribution in [0.4, 0.5) is 5.13 Å². The van der Waals surface area contributed by atoms with Gasteiger partial charge < -0.3 is 10.6 Å². The number of hydrogen-bond donors (Lipinski definition) is 2. The molecule has 0 aromatic carbocycles. The summed E-state index contributed by atoms with van der Waals surface area (Å²) in [5, 5.41) is 6.80. The molecule has 1 aromatic rings. The van der Waals surface area contributed by atoms with E-state index < -0.39 is 0 Å². The van der Waals surface area contributed by atoms with Crippen LogP contribution in [0.2, 0.25) is 0 Å². The van der Waals surface area contributed by atoms with Crippen molar-refractivity contribution in [3.63, 3.8) is 0 Å². The van der Waals surface area contributed by atoms with Gasteiger partial charge in [-0.3, -0.25) is 4.79 Å². The summed E-state index contributed by atoms with van der Waals surface area (Å²) >= 11 is 1.57. The van der Waals surface area contributed by atoms with E-state index in [0.29, 0.717) is 12.3 Å². The maximum Gasteiger partial charge on any atom is 0.226 e. The molecule has 0 spiro atoms. The van der Waals surface area contributed by atoms with E-state index in [1.807, 2.05) is 13.8 Å². The van der Waals surface area contributed by atoms with E-state index in [1.54, 1.807) is 11.3 Å². The van der Waals surface area contributed by atoms with Gasteiger partial charge in [-0.05, 0) is 5.92 Å². The lowest BCUT2D eigenvalue weighted by molar-refractivity contribution is -0.116. The van der Waals surface area contributed by atoms with E-state index >= 15 is 0 Å². The predicted molar refractivity (Wildman–Crippen MR) is 60.7 cm³/mol. The zero-order valence-electron chi connectivity index (χ0n) is 8.96. The fourth-order valence-electron chi connectivity index (χ4n) is 1.55. The molecule has 82 valence electrons. The Morgan fingerprint density at radius 1 is 1.60 bits per heavy atom. The quantitative estimate of drug-likeness (QED) is 0.823. The first-order valence-corrected chi connectivity index (χ1v) is 5.96. The molecule has 1 aliphatic heterocycles. The third-order valence-corrected chi connectivity index (χ3v) is 3.21. The molecular formula is C10H15N3OS. The molecule has 0 aliphatic carbocycles. The highest BCUT2D eigenvalue weighted by atomic mass is 32.1. The second kappa shape index (κ2) is 4.28. The predicted octanol–water partition coefficient (Wildman–Crippen LogP) is 1.73. The number of nitrogens with zero attached hydrogens (tertiary/aromatic N) is 1. The van der Waals surface area contributed by atoms with Crippen molar-refractivity contribution in [1.29, 1.82) is 0 Å². The van der Waals surface area contributed by atoms with Gasteiger partial charge in [-0.2, -0.15) is 0 Å². The summed E-state index contributed by atoms with van der Waals surface area (Å²) in [6.45, 7) is 5.77. The number of carbonyl (C=O) groups is 1. The Bertz CT molecular complexity index is 351. The topological polar surface area (TPSA) is 54.0 Å². The number of carbonyl (C=O) groups excluding carboxylic acids is 1. The average molecular weight is 225 g/mol. The van der Waals surface area contributed by atoms with Crippen molar-refractivity contribution in [2.45, 2.75) is 33.4 Å². The van der Waals surface area contributed by atoms with Crippen LogP contribution in [0.15, 0.2) is 0 Å². The summed E-state index contributed by atoms with van der Waals surface area (Å²) in [6.07, 6.45) is 0.558. The fraction of sp³-hybridized carbons (Fsp3) is 0.600. The Morgan fingerprint density at radius 2 is 2.40 bits per heavy atom. The van der Waals surface area contributed by atoms with Crippen LogP contribution in [0.25, 0.3) is 0 Å². The first-order valence-electron chi connectivity index (χ1n) is 5.14. The Morgan fingerprint density at radius 3 is 3.07 bits per heavy atom. The monoisotopic (exact) mass is 225 g/mol. The van der Waals surface area contributed by atoms with Crippen LogP contribution in [-0.2, 0) is 17.9 Å². The lowest BCUT2D eigenvalue weighted by atomic mass is 10.1. The molecule has 0 radical (unpaired) electrons. The van der Waals surface area contributed by atoms with Gasteiger partial charge in [0.15, 0.2) is 5.13 Å². The first-order chi connectivity index (χ1) is 7.15. The molecule has 0 fully saturated rings. The number of hydrogen-bond acceptors (Lipinski definition) is 4. The molecule has 1 aliphatic rings. The molecule has 2 heterocycles. The van der Waals surface area contributed by atoms with Crippen LogP contribution in [0.5, 0.6) is 0 Å². The third-order valence-electron chi connectivity index (χ3n) is 2.20. The highest BCUT2D eigenvalue weighted by molar-refractivity contribution is 7.15. The van der Waals surface area contributed by atoms with Crippen molar-refractivity contribution in [3.05, 3.63) is 10.6 Å². The lowest BCUT2D eigenvalue weighted by Crippen LogP contribution is -2.14. The minimum atomic E-state index is 0.0605. The zero-order valence-corrected chi connectivity index (χ0v) is 9.78. The molecule has 1 amide bonds. The van der Waals surface area contributed by atoms with Gasteiger partial charge in [0.2, 0.25) is 5.91 Å². The summed E-state index contributed by atoms with van der Waals surface area (Å²) in [5.41, 5.74) is 1.08. The van der Waals surface area contributed by atoms with Gasteiger partial charge in [0.05, 0.1) is 5.69 Å². The molecular weight excluding hydrogens is 210 g/mol. The van der Waals surface area contributed by atoms with Gasteiger partial charge in [0.1, 0.15) is 0 Å². The van der Waals surface area contributed by atoms with E-state index in [4.69, 9.17) is 0 Å². The second-order valence-corrected chi connectivity index (χ2v) is 5.22. The van der Waals surface area contributed by atoms with Gasteiger partial charge >= 0.3 is 0 Å². The standard InChI is InChI=1S/C10H15N3OS/c1-6(2)3-9(14)13-10-12-7-4-11-5-8(7)15-10/h6,11H,3-5H2,1-2H3,(H,12,13,14). The number of amides is 1. The van der Waals surface area contributed by atoms with Gasteiger partial charge in [0, 0.05) is 24.4 Å². The van der Waals surface area contributed by atoms with E-state index in [2.05, 4.69) is 15.6 Å². The van der Waals surface area contributed by atoms with E-state index in [1.165, 1.54) is 4.88 Å². The van der Waals surface area contributed by atoms with E-state index in [-0.39, 0.29) is 5.91 Å². The largest absolute Gasteiger partial charge is 0.306 e. The van der Waals surface area contributed by atoms with Gasteiger partial charge in [-0.1, -0.05) is 13.8 Å². The normalized spacial score (nSPS) is 14.3. The summed E-state index contributed by atoms with van der Waals surface area (Å²) in [6, 6.07) is 0. The van der Waals surface area contributed by atoms with Crippen molar-refractivity contribution in [1.82, 2.24) is 10.3 Å². The highest BCUT2D eigenvalue weighted by Gasteiger charge is 2.17. The van der Waals surface area contributed by atoms with E-state index in [0.717, 1.165) is 23.9 Å². The van der Waals surface area contributed by atoms with Gasteiger partial charge in [0.25, 0.3) is 0 Å². The first kappa shape index (κ1) is 10.6. The van der Waals surface area contributed by atoms with Gasteiger partial charge in [-0.25, -0.2) is 4.98 Å². The van der Waals surface area contributed by atoms with Crippen LogP contribution < -0.4 is 10.6 Å². The number of fused-ring (bicyclic) bond motifs is 1. The molecule has 15 heavy (non-hydrogen) atoms. The SMILES string of the molecule is CC(C)CC(=O)Nc1nc2c(s1)CNC2. The Kier molecular flexibility index (Phi) is 3.02. The van der Waals surface area contributed by atoms with Crippen molar-refractivity contribution in [2.24, 2.45) is 5.92 Å². The molecule has 0 unspecified atom stereocenters. The lowest BCUT2D eigenvalue weighted by Gasteiger charge is -2.03. The van der Waals surface area contributed by atoms with Crippen molar-refractivity contribution in [3.8, 4) is 0 Å². The zero-order chi connectivity index (χ0) is 10.8. The summed E-state index contributed by atoms with van der Waals surface area (Å²) in [7, 11) is 0. The Labute approximate surface area is 93.1 Å². The maximum absolute atomic E-state index is 11.5. The van der Waals surface area contributed by atoms with Crippen LogP contribution >= 0.6 is 11.3 Å². The third kappa shape index (κ3) is 2.54. The molecule has 5 heteroatoms. The molecule has 0 atom stereocenters. The van der Waals surface area contributed by atoms with Gasteiger partial charge in [-0.15, -0.1) is 11.3 Å². The van der Waals surface area contributed by atoms with Crippen molar-refractivity contribution < 1.29 is 4.79 Å². The number of aromatic nitrogens is 1. The maximum atomic E-state index is 11.5. The second-order valence-electron chi connectivity index (χ2n) is 4.14. The number of anilines is 1. The van der Waals surface area contributed by atoms with Crippen LogP contribution in [0, 0.1) is 5.92 Å². The molecule has 4 nitrogen and oxygen atoms in total. The fourth-order valence-corrected chi connectivity index (χ4v) is 2.51. The number of nitrogens with one attached hydrogen (secondary N) is 2. The highest BCUT2D eigenvalue weighted by Crippen LogP contribution is 2.26. The number of thiazole rings is 1. The van der Waals surface area contributed by atoms with Crippen LogP contribution in [0.1, 0.15) is 30.8 Å². The molecule has 1 aromatic heterocycles. The smallest absolute Gasteiger partial charge is 0.226 e. The molecule has 2 N–H and O–H groups in total. The van der Waals surface area contributed by atoms with E-state index in [9.17, 15) is 4.79 Å². The molecule has 0 saturated heterocycles. The van der Waals surface area contributed by atoms with Crippen molar-refractivity contribution >= 4 is 22.4 Å². The number of rotatable bonds is 3. The van der Waals surface area contributed by atoms with Crippen LogP contribution in [-0.4, -0.2) is 10.9 Å². The summed E-state index contributed by atoms with van der Waals surface area (Å²) in [5.74, 6) is 0.448. The summed E-state index contributed by atoms with van der Waals surface area (Å²) < 4.78 is 0. The molecule has 2 rings (SSSR count). The molecule has 0 bridgehead atoms. The average Bonchev–Trinajstić information content (AvgIpc) is 2.60. The minimum absolute atomic E-state index is 0.0605. The Hall–Kier alpha value is -0.940. The molecule has 0 saturated carbocycles. The minimum Gasteiger partial charge on any atom is -0.306 e.